The number of hydrogen-bond acceptors (Lipinski definition) is 3. The fraction of sp³-hybridized carbons (Fsp3) is 0.273. The van der Waals surface area contributed by atoms with Gasteiger partial charge >= 0.3 is 0 Å². The average molecular weight is 290 g/mol. The molecule has 98 valence electrons. The third-order valence-corrected chi connectivity index (χ3v) is 2.52. The molecule has 0 bridgehead atoms. The topological polar surface area (TPSA) is 45.6 Å². The van der Waals surface area contributed by atoms with Crippen LogP contribution >= 0.6 is 23.8 Å². The fourth-order valence-corrected chi connectivity index (χ4v) is 1.46. The Kier molecular flexibility index (Phi) is 6.56. The lowest BCUT2D eigenvalue weighted by Gasteiger charge is -2.05. The Morgan fingerprint density at radius 3 is 3.06 bits per heavy atom. The van der Waals surface area contributed by atoms with E-state index in [0.29, 0.717) is 23.3 Å². The molecule has 2 N–H and O–H groups in total. The number of benzene rings is 1. The van der Waals surface area contributed by atoms with Crippen molar-refractivity contribution in [3.05, 3.63) is 34.6 Å². The van der Waals surface area contributed by atoms with E-state index in [4.69, 9.17) is 28.6 Å². The van der Waals surface area contributed by atoms with Crippen molar-refractivity contribution in [2.75, 3.05) is 20.3 Å². The predicted molar refractivity (Wildman–Crippen MR) is 74.6 cm³/mol. The first-order chi connectivity index (χ1) is 8.65. The molecule has 0 aliphatic carbocycles. The van der Waals surface area contributed by atoms with Crippen LogP contribution in [0.4, 0.5) is 4.39 Å². The van der Waals surface area contributed by atoms with Gasteiger partial charge in [0, 0.05) is 19.2 Å². The fourth-order valence-electron chi connectivity index (χ4n) is 1.10. The van der Waals surface area contributed by atoms with E-state index in [-0.39, 0.29) is 5.56 Å². The molecule has 0 spiro atoms. The lowest BCUT2D eigenvalue weighted by Crippen LogP contribution is -2.34. The predicted octanol–water partition coefficient (Wildman–Crippen LogP) is 1.92. The van der Waals surface area contributed by atoms with E-state index < -0.39 is 5.82 Å². The van der Waals surface area contributed by atoms with Crippen LogP contribution < -0.4 is 10.7 Å². The van der Waals surface area contributed by atoms with E-state index in [9.17, 15) is 4.39 Å². The number of nitrogens with one attached hydrogen (secondary N) is 2. The zero-order valence-corrected chi connectivity index (χ0v) is 11.3. The second-order valence-corrected chi connectivity index (χ2v) is 4.07. The molecule has 1 aromatic carbocycles. The minimum Gasteiger partial charge on any atom is -0.383 e. The van der Waals surface area contributed by atoms with Gasteiger partial charge in [-0.25, -0.2) is 4.39 Å². The maximum Gasteiger partial charge on any atom is 0.187 e. The zero-order chi connectivity index (χ0) is 13.4. The first-order valence-corrected chi connectivity index (χ1v) is 5.93. The van der Waals surface area contributed by atoms with Crippen LogP contribution in [-0.4, -0.2) is 31.6 Å². The minimum absolute atomic E-state index is 0.214. The van der Waals surface area contributed by atoms with Crippen LogP contribution in [0.5, 0.6) is 0 Å². The molecule has 0 unspecified atom stereocenters. The number of hydrazone groups is 1. The Hall–Kier alpha value is -1.24. The molecule has 0 atom stereocenters. The highest BCUT2D eigenvalue weighted by atomic mass is 35.5. The molecule has 0 saturated heterocycles. The molecule has 0 radical (unpaired) electrons. The van der Waals surface area contributed by atoms with Crippen molar-refractivity contribution in [1.29, 1.82) is 0 Å². The summed E-state index contributed by atoms with van der Waals surface area (Å²) in [7, 11) is 1.59. The van der Waals surface area contributed by atoms with Crippen LogP contribution in [0.15, 0.2) is 23.3 Å². The van der Waals surface area contributed by atoms with Gasteiger partial charge in [0.1, 0.15) is 5.82 Å². The van der Waals surface area contributed by atoms with Crippen molar-refractivity contribution in [2.45, 2.75) is 0 Å². The third-order valence-electron chi connectivity index (χ3n) is 1.95. The molecule has 7 heteroatoms. The average Bonchev–Trinajstić information content (AvgIpc) is 2.33. The quantitative estimate of drug-likeness (QED) is 0.376. The largest absolute Gasteiger partial charge is 0.383 e. The third kappa shape index (κ3) is 4.95. The second kappa shape index (κ2) is 7.97. The second-order valence-electron chi connectivity index (χ2n) is 3.25. The van der Waals surface area contributed by atoms with Crippen LogP contribution in [0.2, 0.25) is 5.02 Å². The molecule has 4 nitrogen and oxygen atoms in total. The smallest absolute Gasteiger partial charge is 0.187 e. The van der Waals surface area contributed by atoms with Crippen molar-refractivity contribution in [3.63, 3.8) is 0 Å². The summed E-state index contributed by atoms with van der Waals surface area (Å²) in [5.74, 6) is -0.439. The highest BCUT2D eigenvalue weighted by molar-refractivity contribution is 7.80. The molecule has 0 aliphatic heterocycles. The number of ether oxygens (including phenoxy) is 1. The maximum absolute atomic E-state index is 13.4. The van der Waals surface area contributed by atoms with E-state index >= 15 is 0 Å². The normalized spacial score (nSPS) is 10.6. The van der Waals surface area contributed by atoms with Crippen molar-refractivity contribution in [2.24, 2.45) is 5.10 Å². The molecule has 18 heavy (non-hydrogen) atoms. The molecule has 0 amide bonds. The summed E-state index contributed by atoms with van der Waals surface area (Å²) < 4.78 is 18.2. The summed E-state index contributed by atoms with van der Waals surface area (Å²) >= 11 is 10.8. The lowest BCUT2D eigenvalue weighted by molar-refractivity contribution is 0.204. The Labute approximate surface area is 115 Å². The van der Waals surface area contributed by atoms with Gasteiger partial charge < -0.3 is 10.1 Å². The summed E-state index contributed by atoms with van der Waals surface area (Å²) in [4.78, 5) is 0. The monoisotopic (exact) mass is 289 g/mol. The van der Waals surface area contributed by atoms with Gasteiger partial charge in [0.05, 0.1) is 17.8 Å². The summed E-state index contributed by atoms with van der Waals surface area (Å²) in [6.45, 7) is 1.10. The number of methoxy groups -OCH3 is 1. The van der Waals surface area contributed by atoms with Gasteiger partial charge in [-0.15, -0.1) is 0 Å². The van der Waals surface area contributed by atoms with Gasteiger partial charge in [0.25, 0.3) is 0 Å². The Morgan fingerprint density at radius 1 is 1.61 bits per heavy atom. The van der Waals surface area contributed by atoms with Crippen molar-refractivity contribution < 1.29 is 9.13 Å². The van der Waals surface area contributed by atoms with Crippen LogP contribution in [0, 0.1) is 5.82 Å². The molecule has 0 aromatic heterocycles. The van der Waals surface area contributed by atoms with Gasteiger partial charge in [-0.1, -0.05) is 17.7 Å². The van der Waals surface area contributed by atoms with E-state index in [1.54, 1.807) is 13.2 Å². The number of nitrogens with zero attached hydrogens (tertiary/aromatic N) is 1. The van der Waals surface area contributed by atoms with Crippen LogP contribution in [0.25, 0.3) is 0 Å². The molecule has 1 rings (SSSR count). The summed E-state index contributed by atoms with van der Waals surface area (Å²) in [6, 6.07) is 4.42. The number of thiocarbonyl (C=S) groups is 1. The molecular weight excluding hydrogens is 277 g/mol. The SMILES string of the molecule is COCCNC(=S)NN=Cc1c(F)cccc1Cl. The van der Waals surface area contributed by atoms with Gasteiger partial charge in [0.2, 0.25) is 0 Å². The molecule has 0 aliphatic rings. The lowest BCUT2D eigenvalue weighted by atomic mass is 10.2. The molecule has 0 saturated carbocycles. The first-order valence-electron chi connectivity index (χ1n) is 5.15. The number of hydrogen-bond donors (Lipinski definition) is 2. The Morgan fingerprint density at radius 2 is 2.39 bits per heavy atom. The first kappa shape index (κ1) is 14.8. The zero-order valence-electron chi connectivity index (χ0n) is 9.74. The van der Waals surface area contributed by atoms with E-state index in [0.717, 1.165) is 0 Å². The van der Waals surface area contributed by atoms with Crippen LogP contribution in [0.1, 0.15) is 5.56 Å². The van der Waals surface area contributed by atoms with Crippen molar-refractivity contribution in [3.8, 4) is 0 Å². The maximum atomic E-state index is 13.4. The summed E-state index contributed by atoms with van der Waals surface area (Å²) in [6.07, 6.45) is 1.28. The Balaban J connectivity index is 2.47. The number of halogens is 2. The van der Waals surface area contributed by atoms with Crippen LogP contribution in [-0.2, 0) is 4.74 Å². The highest BCUT2D eigenvalue weighted by Gasteiger charge is 2.03. The summed E-state index contributed by atoms with van der Waals surface area (Å²) in [5, 5.41) is 7.27. The number of rotatable bonds is 5. The van der Waals surface area contributed by atoms with E-state index in [1.807, 2.05) is 0 Å². The van der Waals surface area contributed by atoms with Crippen LogP contribution in [0.3, 0.4) is 0 Å². The summed E-state index contributed by atoms with van der Waals surface area (Å²) in [5.41, 5.74) is 2.77. The van der Waals surface area contributed by atoms with E-state index in [1.165, 1.54) is 18.3 Å². The molecule has 0 fully saturated rings. The van der Waals surface area contributed by atoms with Gasteiger partial charge in [-0.2, -0.15) is 5.10 Å². The molecule has 1 aromatic rings. The Bertz CT molecular complexity index is 422. The molecule has 0 heterocycles. The van der Waals surface area contributed by atoms with Gasteiger partial charge in [-0.05, 0) is 24.4 Å². The van der Waals surface area contributed by atoms with Gasteiger partial charge in [-0.3, -0.25) is 5.43 Å². The highest BCUT2D eigenvalue weighted by Crippen LogP contribution is 2.16. The standard InChI is InChI=1S/C11H13ClFN3OS/c1-17-6-5-14-11(18)16-15-7-8-9(12)3-2-4-10(8)13/h2-4,7H,5-6H2,1H3,(H2,14,16,18). The van der Waals surface area contributed by atoms with Gasteiger partial charge in [0.15, 0.2) is 5.11 Å². The van der Waals surface area contributed by atoms with Crippen molar-refractivity contribution in [1.82, 2.24) is 10.7 Å². The molecular formula is C11H13ClFN3OS. The van der Waals surface area contributed by atoms with E-state index in [2.05, 4.69) is 15.8 Å². The minimum atomic E-state index is -0.439. The van der Waals surface area contributed by atoms with Crippen molar-refractivity contribution >= 4 is 35.1 Å².